The topological polar surface area (TPSA) is 88.7 Å². The van der Waals surface area contributed by atoms with Crippen LogP contribution in [0.3, 0.4) is 0 Å². The molecule has 0 fully saturated rings. The van der Waals surface area contributed by atoms with E-state index in [9.17, 15) is 9.59 Å². The standard InChI is InChI=1S/C26H27N3O4S/c1-18(2)24(30)27-20-11-13-21(14-12-20)28-26(34)29-25(31)19-7-6-10-23(17-19)33-16-15-32-22-8-4-3-5-9-22/h3-14,17-18H,15-16H2,1-2H3,(H,27,30)(H2,28,29,31,34). The lowest BCUT2D eigenvalue weighted by Gasteiger charge is -2.12. The summed E-state index contributed by atoms with van der Waals surface area (Å²) >= 11 is 5.25. The Labute approximate surface area is 204 Å². The summed E-state index contributed by atoms with van der Waals surface area (Å²) in [5.41, 5.74) is 1.78. The Morgan fingerprint density at radius 3 is 2.03 bits per heavy atom. The number of benzene rings is 3. The molecule has 34 heavy (non-hydrogen) atoms. The van der Waals surface area contributed by atoms with E-state index in [1.807, 2.05) is 44.2 Å². The average Bonchev–Trinajstić information content (AvgIpc) is 2.84. The van der Waals surface area contributed by atoms with E-state index in [2.05, 4.69) is 16.0 Å². The Morgan fingerprint density at radius 2 is 1.38 bits per heavy atom. The Hall–Kier alpha value is -3.91. The molecule has 0 saturated heterocycles. The molecule has 0 radical (unpaired) electrons. The minimum atomic E-state index is -0.357. The molecule has 7 nitrogen and oxygen atoms in total. The number of hydrogen-bond acceptors (Lipinski definition) is 5. The van der Waals surface area contributed by atoms with Gasteiger partial charge in [-0.2, -0.15) is 0 Å². The summed E-state index contributed by atoms with van der Waals surface area (Å²) in [7, 11) is 0. The second kappa shape index (κ2) is 12.4. The van der Waals surface area contributed by atoms with Crippen LogP contribution in [0.4, 0.5) is 11.4 Å². The van der Waals surface area contributed by atoms with Crippen LogP contribution < -0.4 is 25.4 Å². The van der Waals surface area contributed by atoms with Crippen molar-refractivity contribution >= 4 is 40.5 Å². The summed E-state index contributed by atoms with van der Waals surface area (Å²) in [5.74, 6) is 0.812. The average molecular weight is 478 g/mol. The van der Waals surface area contributed by atoms with Crippen LogP contribution in [-0.2, 0) is 4.79 Å². The molecule has 0 heterocycles. The summed E-state index contributed by atoms with van der Waals surface area (Å²) in [4.78, 5) is 24.4. The number of thiocarbonyl (C=S) groups is 1. The van der Waals surface area contributed by atoms with Gasteiger partial charge >= 0.3 is 0 Å². The van der Waals surface area contributed by atoms with Crippen LogP contribution in [0.2, 0.25) is 0 Å². The lowest BCUT2D eigenvalue weighted by atomic mass is 10.2. The van der Waals surface area contributed by atoms with E-state index in [1.54, 1.807) is 48.5 Å². The molecule has 0 bridgehead atoms. The molecule has 0 unspecified atom stereocenters. The zero-order chi connectivity index (χ0) is 24.3. The Morgan fingerprint density at radius 1 is 0.794 bits per heavy atom. The van der Waals surface area contributed by atoms with Crippen LogP contribution in [0, 0.1) is 5.92 Å². The van der Waals surface area contributed by atoms with Crippen molar-refractivity contribution in [3.8, 4) is 11.5 Å². The van der Waals surface area contributed by atoms with Gasteiger partial charge in [0.1, 0.15) is 24.7 Å². The number of ether oxygens (including phenoxy) is 2. The molecule has 0 aliphatic heterocycles. The Bertz CT molecular complexity index is 1120. The largest absolute Gasteiger partial charge is 0.490 e. The van der Waals surface area contributed by atoms with E-state index in [-0.39, 0.29) is 22.8 Å². The second-order valence-electron chi connectivity index (χ2n) is 7.67. The first-order valence-corrected chi connectivity index (χ1v) is 11.3. The highest BCUT2D eigenvalue weighted by Crippen LogP contribution is 2.16. The minimum absolute atomic E-state index is 0.0570. The number of anilines is 2. The molecule has 2 amide bonds. The van der Waals surface area contributed by atoms with Gasteiger partial charge in [-0.25, -0.2) is 0 Å². The summed E-state index contributed by atoms with van der Waals surface area (Å²) < 4.78 is 11.3. The maximum atomic E-state index is 12.6. The number of rotatable bonds is 9. The molecule has 0 atom stereocenters. The van der Waals surface area contributed by atoms with Gasteiger partial charge in [-0.05, 0) is 66.8 Å². The zero-order valence-electron chi connectivity index (χ0n) is 19.0. The molecule has 176 valence electrons. The number of amides is 2. The van der Waals surface area contributed by atoms with Gasteiger partial charge < -0.3 is 20.1 Å². The Kier molecular flexibility index (Phi) is 8.99. The molecule has 0 spiro atoms. The van der Waals surface area contributed by atoms with Crippen LogP contribution in [0.1, 0.15) is 24.2 Å². The van der Waals surface area contributed by atoms with Crippen molar-refractivity contribution in [3.63, 3.8) is 0 Å². The highest BCUT2D eigenvalue weighted by atomic mass is 32.1. The maximum Gasteiger partial charge on any atom is 0.257 e. The first-order valence-electron chi connectivity index (χ1n) is 10.8. The summed E-state index contributed by atoms with van der Waals surface area (Å²) in [6.07, 6.45) is 0. The number of para-hydroxylation sites is 1. The van der Waals surface area contributed by atoms with Crippen molar-refractivity contribution in [2.45, 2.75) is 13.8 Å². The van der Waals surface area contributed by atoms with Crippen molar-refractivity contribution in [1.29, 1.82) is 0 Å². The van der Waals surface area contributed by atoms with E-state index < -0.39 is 0 Å². The van der Waals surface area contributed by atoms with Crippen molar-refractivity contribution < 1.29 is 19.1 Å². The van der Waals surface area contributed by atoms with Crippen molar-refractivity contribution in [2.24, 2.45) is 5.92 Å². The normalized spacial score (nSPS) is 10.3. The summed E-state index contributed by atoms with van der Waals surface area (Å²) in [6.45, 7) is 4.38. The van der Waals surface area contributed by atoms with Gasteiger partial charge in [-0.1, -0.05) is 38.1 Å². The molecule has 3 N–H and O–H groups in total. The van der Waals surface area contributed by atoms with E-state index in [1.165, 1.54) is 0 Å². The predicted octanol–water partition coefficient (Wildman–Crippen LogP) is 4.87. The van der Waals surface area contributed by atoms with Gasteiger partial charge in [0.15, 0.2) is 5.11 Å². The smallest absolute Gasteiger partial charge is 0.257 e. The molecule has 0 aromatic heterocycles. The van der Waals surface area contributed by atoms with Gasteiger partial charge in [0.2, 0.25) is 5.91 Å². The molecule has 8 heteroatoms. The molecular weight excluding hydrogens is 450 g/mol. The molecule has 3 aromatic rings. The maximum absolute atomic E-state index is 12.6. The zero-order valence-corrected chi connectivity index (χ0v) is 19.9. The third kappa shape index (κ3) is 7.90. The number of nitrogens with one attached hydrogen (secondary N) is 3. The number of carbonyl (C=O) groups excluding carboxylic acids is 2. The van der Waals surface area contributed by atoms with Crippen LogP contribution in [-0.4, -0.2) is 30.1 Å². The monoisotopic (exact) mass is 477 g/mol. The summed E-state index contributed by atoms with van der Waals surface area (Å²) in [6, 6.07) is 23.4. The van der Waals surface area contributed by atoms with Crippen molar-refractivity contribution in [1.82, 2.24) is 5.32 Å². The van der Waals surface area contributed by atoms with E-state index in [0.717, 1.165) is 5.75 Å². The number of hydrogen-bond donors (Lipinski definition) is 3. The van der Waals surface area contributed by atoms with E-state index in [4.69, 9.17) is 21.7 Å². The van der Waals surface area contributed by atoms with Gasteiger partial charge in [0, 0.05) is 22.9 Å². The molecule has 0 aliphatic carbocycles. The van der Waals surface area contributed by atoms with Crippen LogP contribution in [0.25, 0.3) is 0 Å². The van der Waals surface area contributed by atoms with Crippen molar-refractivity contribution in [3.05, 3.63) is 84.4 Å². The number of carbonyl (C=O) groups is 2. The quantitative estimate of drug-likeness (QED) is 0.301. The van der Waals surface area contributed by atoms with Gasteiger partial charge in [-0.15, -0.1) is 0 Å². The molecule has 3 aromatic carbocycles. The van der Waals surface area contributed by atoms with Crippen LogP contribution in [0.5, 0.6) is 11.5 Å². The first kappa shape index (κ1) is 24.7. The molecular formula is C26H27N3O4S. The SMILES string of the molecule is CC(C)C(=O)Nc1ccc(NC(=S)NC(=O)c2cccc(OCCOc3ccccc3)c2)cc1. The van der Waals surface area contributed by atoms with E-state index >= 15 is 0 Å². The van der Waals surface area contributed by atoms with Crippen LogP contribution >= 0.6 is 12.2 Å². The lowest BCUT2D eigenvalue weighted by Crippen LogP contribution is -2.34. The highest BCUT2D eigenvalue weighted by Gasteiger charge is 2.10. The molecule has 0 saturated carbocycles. The van der Waals surface area contributed by atoms with Gasteiger partial charge in [0.25, 0.3) is 5.91 Å². The second-order valence-corrected chi connectivity index (χ2v) is 8.08. The van der Waals surface area contributed by atoms with Crippen molar-refractivity contribution in [2.75, 3.05) is 23.8 Å². The van der Waals surface area contributed by atoms with Gasteiger partial charge in [-0.3, -0.25) is 14.9 Å². The fourth-order valence-corrected chi connectivity index (χ4v) is 3.03. The fraction of sp³-hybridized carbons (Fsp3) is 0.192. The molecule has 0 aliphatic rings. The minimum Gasteiger partial charge on any atom is -0.490 e. The first-order chi connectivity index (χ1) is 16.4. The van der Waals surface area contributed by atoms with E-state index in [0.29, 0.717) is 35.9 Å². The highest BCUT2D eigenvalue weighted by molar-refractivity contribution is 7.80. The lowest BCUT2D eigenvalue weighted by molar-refractivity contribution is -0.118. The van der Waals surface area contributed by atoms with Gasteiger partial charge in [0.05, 0.1) is 0 Å². The third-order valence-corrected chi connectivity index (χ3v) is 4.83. The third-order valence-electron chi connectivity index (χ3n) is 4.62. The summed E-state index contributed by atoms with van der Waals surface area (Å²) in [5, 5.41) is 8.59. The Balaban J connectivity index is 1.46. The molecule has 3 rings (SSSR count). The van der Waals surface area contributed by atoms with Crippen LogP contribution in [0.15, 0.2) is 78.9 Å². The predicted molar refractivity (Wildman–Crippen MR) is 137 cm³/mol. The fourth-order valence-electron chi connectivity index (χ4n) is 2.82.